The molecular formula is C22H35N2O2Y+. The molecular weight excluding hydrogens is 413 g/mol. The van der Waals surface area contributed by atoms with Gasteiger partial charge < -0.3 is 14.1 Å². The summed E-state index contributed by atoms with van der Waals surface area (Å²) in [6.07, 6.45) is 7.30. The number of ether oxygens (including phenoxy) is 1. The Balaban J connectivity index is 0.00000261. The van der Waals surface area contributed by atoms with Crippen molar-refractivity contribution in [2.45, 2.75) is 65.3 Å². The van der Waals surface area contributed by atoms with Gasteiger partial charge in [0.1, 0.15) is 5.75 Å². The van der Waals surface area contributed by atoms with Crippen LogP contribution in [-0.2, 0) is 37.5 Å². The van der Waals surface area contributed by atoms with Crippen LogP contribution in [0, 0.1) is 13.8 Å². The van der Waals surface area contributed by atoms with Gasteiger partial charge in [-0.2, -0.15) is 0 Å². The number of rotatable bonds is 4. The predicted molar refractivity (Wildman–Crippen MR) is 107 cm³/mol. The molecule has 1 unspecified atom stereocenters. The molecule has 0 aromatic heterocycles. The average Bonchev–Trinajstić information content (AvgIpc) is 2.89. The van der Waals surface area contributed by atoms with Gasteiger partial charge in [-0.05, 0) is 76.1 Å². The van der Waals surface area contributed by atoms with E-state index in [4.69, 9.17) is 4.74 Å². The van der Waals surface area contributed by atoms with Crippen LogP contribution in [0.4, 0.5) is 5.69 Å². The summed E-state index contributed by atoms with van der Waals surface area (Å²) in [7, 11) is 1.70. The number of piperidine rings is 1. The van der Waals surface area contributed by atoms with E-state index < -0.39 is 0 Å². The zero-order valence-corrected chi connectivity index (χ0v) is 20.4. The Bertz CT molecular complexity index is 631. The molecule has 0 aliphatic carbocycles. The first-order valence-electron chi connectivity index (χ1n) is 10.3. The molecule has 2 saturated heterocycles. The quantitative estimate of drug-likeness (QED) is 0.646. The summed E-state index contributed by atoms with van der Waals surface area (Å²) in [5, 5.41) is 0. The number of aryl methyl sites for hydroxylation is 2. The zero-order chi connectivity index (χ0) is 18.7. The van der Waals surface area contributed by atoms with E-state index in [9.17, 15) is 4.79 Å². The van der Waals surface area contributed by atoms with Crippen LogP contribution in [0.5, 0.6) is 5.75 Å². The molecule has 2 aliphatic rings. The minimum absolute atomic E-state index is 0. The molecule has 1 atom stereocenters. The topological polar surface area (TPSA) is 29.5 Å². The van der Waals surface area contributed by atoms with Crippen molar-refractivity contribution in [2.75, 3.05) is 38.2 Å². The van der Waals surface area contributed by atoms with E-state index in [0.29, 0.717) is 5.91 Å². The molecule has 1 amide bonds. The van der Waals surface area contributed by atoms with Crippen molar-refractivity contribution in [2.24, 2.45) is 0 Å². The maximum atomic E-state index is 13.6. The van der Waals surface area contributed by atoms with Crippen LogP contribution in [0.15, 0.2) is 12.1 Å². The van der Waals surface area contributed by atoms with Gasteiger partial charge in [0, 0.05) is 51.4 Å². The van der Waals surface area contributed by atoms with Gasteiger partial charge in [-0.15, -0.1) is 0 Å². The average molecular weight is 448 g/mol. The molecule has 0 spiro atoms. The molecule has 2 heterocycles. The molecule has 1 radical (unpaired) electrons. The zero-order valence-electron chi connectivity index (χ0n) is 17.6. The summed E-state index contributed by atoms with van der Waals surface area (Å²) in [5.41, 5.74) is 3.37. The minimum Gasteiger partial charge on any atom is -0.497 e. The number of hydrogen-bond donors (Lipinski definition) is 0. The molecule has 3 rings (SSSR count). The van der Waals surface area contributed by atoms with Gasteiger partial charge in [-0.1, -0.05) is 0 Å². The number of likely N-dealkylation sites (N-methyl/N-ethyl adjacent to an activating group) is 1. The summed E-state index contributed by atoms with van der Waals surface area (Å²) in [5.74, 6) is 1.21. The van der Waals surface area contributed by atoms with Crippen LogP contribution in [0.1, 0.15) is 56.6 Å². The van der Waals surface area contributed by atoms with Gasteiger partial charge >= 0.3 is 0 Å². The molecule has 147 valence electrons. The molecule has 5 heteroatoms. The molecule has 1 aromatic carbocycles. The van der Waals surface area contributed by atoms with Crippen molar-refractivity contribution < 1.29 is 46.7 Å². The second kappa shape index (κ2) is 9.85. The van der Waals surface area contributed by atoms with Crippen LogP contribution in [0.25, 0.3) is 0 Å². The number of benzene rings is 1. The van der Waals surface area contributed by atoms with E-state index in [0.717, 1.165) is 53.0 Å². The fourth-order valence-electron chi connectivity index (χ4n) is 5.21. The fraction of sp³-hybridized carbons (Fsp3) is 0.682. The molecule has 4 nitrogen and oxygen atoms in total. The number of carbonyl (C=O) groups excluding carboxylic acids is 1. The fourth-order valence-corrected chi connectivity index (χ4v) is 5.21. The van der Waals surface area contributed by atoms with Gasteiger partial charge in [-0.3, -0.25) is 4.79 Å². The third kappa shape index (κ3) is 4.59. The van der Waals surface area contributed by atoms with E-state index >= 15 is 0 Å². The smallest absolute Gasteiger partial charge is 0.285 e. The van der Waals surface area contributed by atoms with Gasteiger partial charge in [0.15, 0.2) is 6.04 Å². The summed E-state index contributed by atoms with van der Waals surface area (Å²) in [4.78, 5) is 15.7. The number of carbonyl (C=O) groups is 1. The SMILES string of the molecule is CC[N+]1(C2CCCN(c3c(C)cc(OC)cc3C)C2=O)CCCCCC1.[Y]. The van der Waals surface area contributed by atoms with Crippen molar-refractivity contribution >= 4 is 11.6 Å². The summed E-state index contributed by atoms with van der Waals surface area (Å²) in [6, 6.07) is 4.23. The first kappa shape index (κ1) is 22.8. The Labute approximate surface area is 190 Å². The van der Waals surface area contributed by atoms with E-state index in [1.54, 1.807) is 7.11 Å². The van der Waals surface area contributed by atoms with Gasteiger partial charge in [0.05, 0.1) is 26.7 Å². The molecule has 27 heavy (non-hydrogen) atoms. The summed E-state index contributed by atoms with van der Waals surface area (Å²) < 4.78 is 6.41. The van der Waals surface area contributed by atoms with E-state index in [1.807, 2.05) is 0 Å². The molecule has 2 fully saturated rings. The van der Waals surface area contributed by atoms with E-state index in [-0.39, 0.29) is 38.8 Å². The number of amides is 1. The van der Waals surface area contributed by atoms with Crippen molar-refractivity contribution in [1.82, 2.24) is 0 Å². The largest absolute Gasteiger partial charge is 0.497 e. The molecule has 2 aliphatic heterocycles. The molecule has 1 aromatic rings. The van der Waals surface area contributed by atoms with Gasteiger partial charge in [-0.25, -0.2) is 0 Å². The minimum atomic E-state index is 0. The Morgan fingerprint density at radius 2 is 1.67 bits per heavy atom. The predicted octanol–water partition coefficient (Wildman–Crippen LogP) is 4.22. The number of likely N-dealkylation sites (tertiary alicyclic amines) is 1. The number of anilines is 1. The number of methoxy groups -OCH3 is 1. The van der Waals surface area contributed by atoms with E-state index in [1.165, 1.54) is 38.8 Å². The normalized spacial score (nSPS) is 22.7. The summed E-state index contributed by atoms with van der Waals surface area (Å²) >= 11 is 0. The molecule has 0 N–H and O–H groups in total. The first-order valence-corrected chi connectivity index (χ1v) is 10.3. The Hall–Kier alpha value is -0.446. The Morgan fingerprint density at radius 3 is 2.19 bits per heavy atom. The first-order chi connectivity index (χ1) is 12.5. The maximum absolute atomic E-state index is 13.6. The Morgan fingerprint density at radius 1 is 1.07 bits per heavy atom. The number of hydrogen-bond acceptors (Lipinski definition) is 2. The van der Waals surface area contributed by atoms with Crippen LogP contribution in [0.3, 0.4) is 0 Å². The monoisotopic (exact) mass is 448 g/mol. The number of quaternary nitrogens is 1. The summed E-state index contributed by atoms with van der Waals surface area (Å²) in [6.45, 7) is 10.7. The van der Waals surface area contributed by atoms with Crippen LogP contribution >= 0.6 is 0 Å². The van der Waals surface area contributed by atoms with Crippen LogP contribution in [-0.4, -0.2) is 49.7 Å². The molecule has 0 bridgehead atoms. The number of nitrogens with zero attached hydrogens (tertiary/aromatic N) is 2. The van der Waals surface area contributed by atoms with Gasteiger partial charge in [0.25, 0.3) is 5.91 Å². The standard InChI is InChI=1S/C22H35N2O2.Y/c1-5-24(13-8-6-7-9-14-24)20-11-10-12-23(22(20)25)21-17(2)15-19(26-4)16-18(21)3;/h15-16,20H,5-14H2,1-4H3;/q+1;. The third-order valence-electron chi connectivity index (χ3n) is 6.63. The van der Waals surface area contributed by atoms with Crippen LogP contribution in [0.2, 0.25) is 0 Å². The van der Waals surface area contributed by atoms with Crippen molar-refractivity contribution in [3.8, 4) is 5.75 Å². The third-order valence-corrected chi connectivity index (χ3v) is 6.63. The van der Waals surface area contributed by atoms with Crippen molar-refractivity contribution in [3.63, 3.8) is 0 Å². The Kier molecular flexibility index (Phi) is 8.33. The van der Waals surface area contributed by atoms with Crippen molar-refractivity contribution in [1.29, 1.82) is 0 Å². The maximum Gasteiger partial charge on any atom is 0.285 e. The second-order valence-electron chi connectivity index (χ2n) is 8.15. The van der Waals surface area contributed by atoms with Crippen LogP contribution < -0.4 is 9.64 Å². The van der Waals surface area contributed by atoms with E-state index in [2.05, 4.69) is 37.8 Å². The van der Waals surface area contributed by atoms with Gasteiger partial charge in [0.2, 0.25) is 0 Å². The molecule has 0 saturated carbocycles. The second-order valence-corrected chi connectivity index (χ2v) is 8.15. The van der Waals surface area contributed by atoms with Crippen molar-refractivity contribution in [3.05, 3.63) is 23.3 Å².